The Morgan fingerprint density at radius 2 is 2.08 bits per heavy atom. The van der Waals surface area contributed by atoms with E-state index >= 15 is 0 Å². The molecule has 4 heterocycles. The van der Waals surface area contributed by atoms with Crippen molar-refractivity contribution in [1.82, 2.24) is 23.9 Å². The fourth-order valence-electron chi connectivity index (χ4n) is 2.81. The van der Waals surface area contributed by atoms with Crippen molar-refractivity contribution in [2.75, 3.05) is 5.73 Å². The first-order chi connectivity index (χ1) is 11.5. The maximum atomic E-state index is 11.9. The summed E-state index contributed by atoms with van der Waals surface area (Å²) in [5, 5.41) is 0.898. The fourth-order valence-corrected chi connectivity index (χ4v) is 3.05. The van der Waals surface area contributed by atoms with Gasteiger partial charge < -0.3 is 11.5 Å². The van der Waals surface area contributed by atoms with Gasteiger partial charge in [-0.3, -0.25) is 13.8 Å². The van der Waals surface area contributed by atoms with E-state index in [0.29, 0.717) is 27.7 Å². The molecule has 4 rings (SSSR count). The highest BCUT2D eigenvalue weighted by Crippen LogP contribution is 2.33. The smallest absolute Gasteiger partial charge is 0.253 e. The van der Waals surface area contributed by atoms with Crippen LogP contribution in [0.2, 0.25) is 5.02 Å². The molecule has 0 unspecified atom stereocenters. The molecule has 4 aromatic rings. The first kappa shape index (κ1) is 14.5. The molecular weight excluding hydrogens is 330 g/mol. The molecule has 120 valence electrons. The van der Waals surface area contributed by atoms with Gasteiger partial charge in [-0.25, -0.2) is 15.0 Å². The van der Waals surface area contributed by atoms with Gasteiger partial charge in [0.2, 0.25) is 0 Å². The van der Waals surface area contributed by atoms with Gasteiger partial charge in [0, 0.05) is 6.20 Å². The summed E-state index contributed by atoms with van der Waals surface area (Å²) >= 11 is 6.41. The highest BCUT2D eigenvalue weighted by Gasteiger charge is 2.24. The molecule has 0 radical (unpaired) electrons. The summed E-state index contributed by atoms with van der Waals surface area (Å²) in [5.74, 6) is 0.559. The van der Waals surface area contributed by atoms with E-state index in [0.717, 1.165) is 5.52 Å². The molecule has 1 amide bonds. The number of pyridine rings is 1. The predicted octanol–water partition coefficient (Wildman–Crippen LogP) is 1.71. The standard InChI is InChI=1S/C15H12ClN7O/c1-7-20-5-9-11(13(18)24)12(17)23(14(9)21-7)15-10(16)3-2-8-4-19-6-22(8)15/h2-6H,17H2,1H3,(H2,18,24). The van der Waals surface area contributed by atoms with Gasteiger partial charge in [-0.15, -0.1) is 0 Å². The van der Waals surface area contributed by atoms with Crippen molar-refractivity contribution in [2.24, 2.45) is 5.73 Å². The predicted molar refractivity (Wildman–Crippen MR) is 90.3 cm³/mol. The van der Waals surface area contributed by atoms with Gasteiger partial charge >= 0.3 is 0 Å². The maximum absolute atomic E-state index is 11.9. The number of aromatic nitrogens is 5. The third-order valence-corrected chi connectivity index (χ3v) is 4.13. The highest BCUT2D eigenvalue weighted by molar-refractivity contribution is 6.32. The Balaban J connectivity index is 2.23. The van der Waals surface area contributed by atoms with Gasteiger partial charge in [0.05, 0.1) is 27.7 Å². The molecule has 0 aliphatic heterocycles. The number of primary amides is 1. The van der Waals surface area contributed by atoms with E-state index in [1.807, 2.05) is 6.07 Å². The van der Waals surface area contributed by atoms with Crippen LogP contribution in [0.1, 0.15) is 16.2 Å². The summed E-state index contributed by atoms with van der Waals surface area (Å²) in [6.45, 7) is 1.75. The second kappa shape index (κ2) is 4.93. The number of nitrogens with two attached hydrogens (primary N) is 2. The van der Waals surface area contributed by atoms with Gasteiger partial charge in [0.15, 0.2) is 5.65 Å². The second-order valence-electron chi connectivity index (χ2n) is 5.31. The number of hydrogen-bond donors (Lipinski definition) is 2. The van der Waals surface area contributed by atoms with Crippen molar-refractivity contribution in [2.45, 2.75) is 6.92 Å². The number of carbonyl (C=O) groups is 1. The van der Waals surface area contributed by atoms with Gasteiger partial charge in [-0.1, -0.05) is 11.6 Å². The van der Waals surface area contributed by atoms with Gasteiger partial charge in [-0.05, 0) is 19.1 Å². The Hall–Kier alpha value is -3.13. The van der Waals surface area contributed by atoms with Crippen LogP contribution in [0.15, 0.2) is 30.9 Å². The molecule has 0 atom stereocenters. The molecule has 0 bridgehead atoms. The summed E-state index contributed by atoms with van der Waals surface area (Å²) in [6, 6.07) is 3.56. The molecule has 24 heavy (non-hydrogen) atoms. The van der Waals surface area contributed by atoms with Crippen LogP contribution in [-0.2, 0) is 0 Å². The molecular formula is C15H12ClN7O. The van der Waals surface area contributed by atoms with Crippen molar-refractivity contribution in [3.63, 3.8) is 0 Å². The van der Waals surface area contributed by atoms with Crippen LogP contribution in [0.25, 0.3) is 22.4 Å². The number of rotatable bonds is 2. The van der Waals surface area contributed by atoms with Crippen LogP contribution in [-0.4, -0.2) is 29.8 Å². The number of hydrogen-bond acceptors (Lipinski definition) is 5. The minimum atomic E-state index is -0.655. The molecule has 0 saturated carbocycles. The lowest BCUT2D eigenvalue weighted by atomic mass is 10.2. The lowest BCUT2D eigenvalue weighted by Gasteiger charge is -2.12. The van der Waals surface area contributed by atoms with Crippen LogP contribution in [0.5, 0.6) is 0 Å². The molecule has 0 aliphatic rings. The second-order valence-corrected chi connectivity index (χ2v) is 5.71. The number of nitrogens with zero attached hydrogens (tertiary/aromatic N) is 5. The number of amides is 1. The molecule has 0 fully saturated rings. The van der Waals surface area contributed by atoms with E-state index in [9.17, 15) is 4.79 Å². The van der Waals surface area contributed by atoms with E-state index < -0.39 is 5.91 Å². The number of carbonyl (C=O) groups excluding carboxylic acids is 1. The van der Waals surface area contributed by atoms with Crippen LogP contribution < -0.4 is 11.5 Å². The minimum Gasteiger partial charge on any atom is -0.384 e. The van der Waals surface area contributed by atoms with Crippen molar-refractivity contribution < 1.29 is 4.79 Å². The van der Waals surface area contributed by atoms with Crippen LogP contribution in [0.4, 0.5) is 5.82 Å². The SMILES string of the molecule is Cc1ncc2c(C(N)=O)c(N)n(-c3c(Cl)ccc4cncn34)c2n1. The zero-order valence-corrected chi connectivity index (χ0v) is 13.3. The van der Waals surface area contributed by atoms with Gasteiger partial charge in [0.1, 0.15) is 23.8 Å². The Kier molecular flexibility index (Phi) is 2.97. The average molecular weight is 342 g/mol. The molecule has 4 N–H and O–H groups in total. The Morgan fingerprint density at radius 1 is 1.29 bits per heavy atom. The lowest BCUT2D eigenvalue weighted by molar-refractivity contribution is 0.100. The molecule has 4 aromatic heterocycles. The molecule has 0 aliphatic carbocycles. The normalized spacial score (nSPS) is 11.4. The lowest BCUT2D eigenvalue weighted by Crippen LogP contribution is -2.14. The van der Waals surface area contributed by atoms with Crippen LogP contribution in [0, 0.1) is 6.92 Å². The summed E-state index contributed by atoms with van der Waals surface area (Å²) < 4.78 is 3.36. The first-order valence-corrected chi connectivity index (χ1v) is 7.41. The summed E-state index contributed by atoms with van der Waals surface area (Å²) in [4.78, 5) is 24.6. The van der Waals surface area contributed by atoms with Crippen molar-refractivity contribution in [3.8, 4) is 5.82 Å². The van der Waals surface area contributed by atoms with Crippen molar-refractivity contribution in [1.29, 1.82) is 0 Å². The number of anilines is 1. The summed E-state index contributed by atoms with van der Waals surface area (Å²) in [7, 11) is 0. The monoisotopic (exact) mass is 341 g/mol. The quantitative estimate of drug-likeness (QED) is 0.575. The zero-order valence-electron chi connectivity index (χ0n) is 12.6. The maximum Gasteiger partial charge on any atom is 0.253 e. The third-order valence-electron chi connectivity index (χ3n) is 3.83. The molecule has 0 saturated heterocycles. The molecule has 8 nitrogen and oxygen atoms in total. The van der Waals surface area contributed by atoms with E-state index in [2.05, 4.69) is 15.0 Å². The Morgan fingerprint density at radius 3 is 2.83 bits per heavy atom. The average Bonchev–Trinajstić information content (AvgIpc) is 3.10. The van der Waals surface area contributed by atoms with Gasteiger partial charge in [0.25, 0.3) is 5.91 Å². The topological polar surface area (TPSA) is 117 Å². The number of halogens is 1. The summed E-state index contributed by atoms with van der Waals surface area (Å²) in [5.41, 5.74) is 13.2. The molecule has 0 spiro atoms. The van der Waals surface area contributed by atoms with E-state index in [1.165, 1.54) is 6.20 Å². The number of nitrogen functional groups attached to an aromatic ring is 1. The number of aryl methyl sites for hydroxylation is 1. The first-order valence-electron chi connectivity index (χ1n) is 7.03. The van der Waals surface area contributed by atoms with Gasteiger partial charge in [-0.2, -0.15) is 0 Å². The van der Waals surface area contributed by atoms with E-state index in [4.69, 9.17) is 23.1 Å². The van der Waals surface area contributed by atoms with E-state index in [-0.39, 0.29) is 11.4 Å². The zero-order chi connectivity index (χ0) is 17.0. The van der Waals surface area contributed by atoms with Crippen LogP contribution >= 0.6 is 11.6 Å². The van der Waals surface area contributed by atoms with E-state index in [1.54, 1.807) is 34.5 Å². The molecule has 9 heteroatoms. The fraction of sp³-hybridized carbons (Fsp3) is 0.0667. The Bertz CT molecular complexity index is 1130. The largest absolute Gasteiger partial charge is 0.384 e. The third kappa shape index (κ3) is 1.86. The number of fused-ring (bicyclic) bond motifs is 2. The minimum absolute atomic E-state index is 0.153. The molecule has 0 aromatic carbocycles. The highest BCUT2D eigenvalue weighted by atomic mass is 35.5. The Labute approximate surface area is 140 Å². The summed E-state index contributed by atoms with van der Waals surface area (Å²) in [6.07, 6.45) is 4.84. The number of imidazole rings is 1. The van der Waals surface area contributed by atoms with Crippen molar-refractivity contribution in [3.05, 3.63) is 47.3 Å². The van der Waals surface area contributed by atoms with Crippen molar-refractivity contribution >= 4 is 39.9 Å². The van der Waals surface area contributed by atoms with Crippen LogP contribution in [0.3, 0.4) is 0 Å².